The van der Waals surface area contributed by atoms with Crippen LogP contribution in [0.3, 0.4) is 0 Å². The van der Waals surface area contributed by atoms with E-state index in [1.807, 2.05) is 21.1 Å². The number of nitrogens with zero attached hydrogens (tertiary/aromatic N) is 1. The number of carbonyl (C=O) groups is 1. The number of allylic oxidation sites excluding steroid dienone is 22. The van der Waals surface area contributed by atoms with Gasteiger partial charge in [0.2, 0.25) is 5.91 Å². The molecule has 83 heavy (non-hydrogen) atoms. The monoisotopic (exact) mass is 1170 g/mol. The first-order chi connectivity index (χ1) is 40.5. The van der Waals surface area contributed by atoms with Crippen LogP contribution in [0, 0.1) is 0 Å². The Hall–Kier alpha value is -3.36. The van der Waals surface area contributed by atoms with Crippen molar-refractivity contribution in [1.29, 1.82) is 0 Å². The summed E-state index contributed by atoms with van der Waals surface area (Å²) in [6, 6.07) is -0.782. The molecule has 0 aliphatic carbocycles. The second kappa shape index (κ2) is 63.2. The van der Waals surface area contributed by atoms with Gasteiger partial charge in [0.05, 0.1) is 39.9 Å². The molecule has 0 aliphatic rings. The largest absolute Gasteiger partial charge is 0.472 e. The predicted octanol–water partition coefficient (Wildman–Crippen LogP) is 21.8. The smallest absolute Gasteiger partial charge is 0.391 e. The Bertz CT molecular complexity index is 1810. The highest BCUT2D eigenvalue weighted by atomic mass is 31.2. The highest BCUT2D eigenvalue weighted by molar-refractivity contribution is 7.47. The quantitative estimate of drug-likeness (QED) is 0.0243. The summed E-state index contributed by atoms with van der Waals surface area (Å²) in [5.74, 6) is -0.166. The number of carbonyl (C=O) groups excluding carboxylic acids is 1. The van der Waals surface area contributed by atoms with Gasteiger partial charge in [-0.25, -0.2) is 4.57 Å². The van der Waals surface area contributed by atoms with Crippen molar-refractivity contribution in [1.82, 2.24) is 5.32 Å². The summed E-state index contributed by atoms with van der Waals surface area (Å²) in [7, 11) is 1.59. The lowest BCUT2D eigenvalue weighted by atomic mass is 10.0. The lowest BCUT2D eigenvalue weighted by Crippen LogP contribution is -2.46. The Morgan fingerprint density at radius 1 is 0.422 bits per heavy atom. The predicted molar refractivity (Wildman–Crippen MR) is 364 cm³/mol. The summed E-state index contributed by atoms with van der Waals surface area (Å²) in [4.78, 5) is 23.4. The molecule has 1 amide bonds. The minimum absolute atomic E-state index is 0.0643. The fraction of sp³-hybridized carbons (Fsp3) is 0.689. The molecule has 0 fully saturated rings. The van der Waals surface area contributed by atoms with E-state index in [0.29, 0.717) is 23.9 Å². The number of phosphoric acid groups is 1. The molecule has 0 radical (unpaired) electrons. The SMILES string of the molecule is CC/C=C\C/C=C\C/C=C\C/C=C\C/C=C\C/C=C\C/C=C\C/C=C\C/C=C\C/C=C\C/C=C\CCCCCCCC(=O)NC(COP(=O)(O)OCC[N+](C)(C)C)C(O)CCCCCCCCCCCCCCCCCCCCCCCC. The van der Waals surface area contributed by atoms with Crippen LogP contribution in [-0.4, -0.2) is 73.4 Å². The van der Waals surface area contributed by atoms with Crippen molar-refractivity contribution in [2.45, 2.75) is 289 Å². The highest BCUT2D eigenvalue weighted by Gasteiger charge is 2.28. The van der Waals surface area contributed by atoms with E-state index in [4.69, 9.17) is 9.05 Å². The van der Waals surface area contributed by atoms with Gasteiger partial charge in [-0.2, -0.15) is 0 Å². The summed E-state index contributed by atoms with van der Waals surface area (Å²) in [5.41, 5.74) is 0. The molecular weight excluding hydrogens is 1040 g/mol. The summed E-state index contributed by atoms with van der Waals surface area (Å²) in [6.45, 7) is 4.77. The standard InChI is InChI=1S/C74H129N2O6P/c1-6-8-10-12-14-16-18-20-22-24-26-28-30-31-32-33-34-35-36-37-38-39-40-41-42-43-44-45-46-48-50-52-54-56-58-60-62-64-66-68-74(78)75-72(71-82-83(79,80)81-70-69-76(3,4)5)73(77)67-65-63-61-59-57-55-53-51-49-47-29-27-25-23-21-19-17-15-13-11-9-7-2/h8,10,14,16,20,22,26,28,31-32,34-35,37-38,40-41,43-44,46,48,52,54,72-73,77H,6-7,9,11-13,15,17-19,21,23-25,27,29-30,33,36,39,42,45,47,49-51,53,55-71H2,1-5H3,(H-,75,78,79,80)/p+1/b10-8-,16-14-,22-20-,28-26-,32-31-,35-34-,38-37-,41-40-,44-43-,48-46-,54-52-. The maximum atomic E-state index is 13.1. The normalized spacial score (nSPS) is 14.5. The molecule has 3 N–H and O–H groups in total. The van der Waals surface area contributed by atoms with Crippen molar-refractivity contribution < 1.29 is 32.9 Å². The minimum atomic E-state index is -4.34. The van der Waals surface area contributed by atoms with E-state index in [1.165, 1.54) is 122 Å². The molecule has 0 aromatic heterocycles. The van der Waals surface area contributed by atoms with E-state index in [9.17, 15) is 19.4 Å². The maximum absolute atomic E-state index is 13.1. The van der Waals surface area contributed by atoms with Gasteiger partial charge in [-0.3, -0.25) is 13.8 Å². The number of amides is 1. The van der Waals surface area contributed by atoms with E-state index in [0.717, 1.165) is 128 Å². The zero-order valence-corrected chi connectivity index (χ0v) is 55.3. The number of hydrogen-bond acceptors (Lipinski definition) is 5. The van der Waals surface area contributed by atoms with Crippen LogP contribution in [0.5, 0.6) is 0 Å². The van der Waals surface area contributed by atoms with Crippen molar-refractivity contribution in [3.05, 3.63) is 134 Å². The summed E-state index contributed by atoms with van der Waals surface area (Å²) < 4.78 is 23.8. The molecule has 0 spiro atoms. The Morgan fingerprint density at radius 3 is 1.06 bits per heavy atom. The topological polar surface area (TPSA) is 105 Å². The summed E-state index contributed by atoms with van der Waals surface area (Å²) in [5, 5.41) is 14.1. The molecule has 0 rings (SSSR count). The molecule has 0 saturated heterocycles. The number of likely N-dealkylation sites (N-methyl/N-ethyl adjacent to an activating group) is 1. The van der Waals surface area contributed by atoms with E-state index < -0.39 is 20.0 Å². The average molecular weight is 1170 g/mol. The third-order valence-electron chi connectivity index (χ3n) is 14.7. The van der Waals surface area contributed by atoms with Gasteiger partial charge >= 0.3 is 7.82 Å². The first-order valence-corrected chi connectivity index (χ1v) is 35.5. The number of rotatable bonds is 61. The molecule has 9 heteroatoms. The molecule has 0 bridgehead atoms. The average Bonchev–Trinajstić information content (AvgIpc) is 3.50. The number of quaternary nitrogens is 1. The van der Waals surface area contributed by atoms with Gasteiger partial charge in [0.25, 0.3) is 0 Å². The van der Waals surface area contributed by atoms with Crippen LogP contribution in [0.2, 0.25) is 0 Å². The Balaban J connectivity index is 4.17. The van der Waals surface area contributed by atoms with Crippen LogP contribution >= 0.6 is 7.82 Å². The van der Waals surface area contributed by atoms with Gasteiger partial charge < -0.3 is 19.8 Å². The number of unbranched alkanes of at least 4 members (excludes halogenated alkanes) is 26. The van der Waals surface area contributed by atoms with Crippen molar-refractivity contribution in [2.24, 2.45) is 0 Å². The lowest BCUT2D eigenvalue weighted by molar-refractivity contribution is -0.870. The third-order valence-corrected chi connectivity index (χ3v) is 15.6. The molecule has 0 aromatic rings. The van der Waals surface area contributed by atoms with Crippen molar-refractivity contribution in [3.63, 3.8) is 0 Å². The van der Waals surface area contributed by atoms with Crippen molar-refractivity contribution in [3.8, 4) is 0 Å². The van der Waals surface area contributed by atoms with Gasteiger partial charge in [0, 0.05) is 6.42 Å². The zero-order valence-electron chi connectivity index (χ0n) is 54.4. The molecule has 476 valence electrons. The Kier molecular flexibility index (Phi) is 60.6. The molecule has 0 saturated carbocycles. The van der Waals surface area contributed by atoms with Crippen LogP contribution in [0.15, 0.2) is 134 Å². The van der Waals surface area contributed by atoms with Crippen LogP contribution in [-0.2, 0) is 18.4 Å². The number of nitrogens with one attached hydrogen (secondary N) is 1. The fourth-order valence-electron chi connectivity index (χ4n) is 9.41. The van der Waals surface area contributed by atoms with Crippen LogP contribution in [0.1, 0.15) is 277 Å². The number of aliphatic hydroxyl groups is 1. The van der Waals surface area contributed by atoms with Gasteiger partial charge in [-0.15, -0.1) is 0 Å². The van der Waals surface area contributed by atoms with Gasteiger partial charge in [0.1, 0.15) is 13.2 Å². The fourth-order valence-corrected chi connectivity index (χ4v) is 10.1. The number of phosphoric ester groups is 1. The van der Waals surface area contributed by atoms with Crippen molar-refractivity contribution >= 4 is 13.7 Å². The second-order valence-corrected chi connectivity index (χ2v) is 25.3. The molecule has 0 aliphatic heterocycles. The van der Waals surface area contributed by atoms with Crippen molar-refractivity contribution in [2.75, 3.05) is 40.9 Å². The van der Waals surface area contributed by atoms with Gasteiger partial charge in [0.15, 0.2) is 0 Å². The first-order valence-electron chi connectivity index (χ1n) is 34.0. The van der Waals surface area contributed by atoms with E-state index in [-0.39, 0.29) is 19.1 Å². The molecule has 8 nitrogen and oxygen atoms in total. The molecule has 0 heterocycles. The second-order valence-electron chi connectivity index (χ2n) is 23.8. The first kappa shape index (κ1) is 79.6. The molecule has 3 atom stereocenters. The van der Waals surface area contributed by atoms with Crippen LogP contribution in [0.4, 0.5) is 0 Å². The summed E-state index contributed by atoms with van der Waals surface area (Å²) in [6.07, 6.45) is 95.3. The summed E-state index contributed by atoms with van der Waals surface area (Å²) >= 11 is 0. The maximum Gasteiger partial charge on any atom is 0.472 e. The van der Waals surface area contributed by atoms with Gasteiger partial charge in [-0.05, 0) is 96.3 Å². The van der Waals surface area contributed by atoms with E-state index in [2.05, 4.69) is 153 Å². The molecule has 3 unspecified atom stereocenters. The van der Waals surface area contributed by atoms with E-state index in [1.54, 1.807) is 0 Å². The number of hydrogen-bond donors (Lipinski definition) is 3. The van der Waals surface area contributed by atoms with Gasteiger partial charge in [-0.1, -0.05) is 308 Å². The van der Waals surface area contributed by atoms with Crippen LogP contribution < -0.4 is 5.32 Å². The van der Waals surface area contributed by atoms with E-state index >= 15 is 0 Å². The zero-order chi connectivity index (χ0) is 60.5. The highest BCUT2D eigenvalue weighted by Crippen LogP contribution is 2.43. The molecular formula is C74H130N2O6P+. The molecule has 0 aromatic carbocycles. The Labute approximate surface area is 513 Å². The Morgan fingerprint density at radius 2 is 0.723 bits per heavy atom. The van der Waals surface area contributed by atoms with Crippen LogP contribution in [0.25, 0.3) is 0 Å². The number of aliphatic hydroxyl groups excluding tert-OH is 1. The minimum Gasteiger partial charge on any atom is -0.391 e. The third kappa shape index (κ3) is 66.0. The lowest BCUT2D eigenvalue weighted by Gasteiger charge is -2.26.